The molecule has 0 spiro atoms. The minimum atomic E-state index is 0.184. The molecule has 18 heavy (non-hydrogen) atoms. The van der Waals surface area contributed by atoms with Gasteiger partial charge >= 0.3 is 0 Å². The van der Waals surface area contributed by atoms with Gasteiger partial charge in [-0.1, -0.05) is 6.42 Å². The second kappa shape index (κ2) is 5.72. The Balaban J connectivity index is 1.88. The van der Waals surface area contributed by atoms with Gasteiger partial charge in [0.2, 0.25) is 5.91 Å². The van der Waals surface area contributed by atoms with Gasteiger partial charge in [-0.05, 0) is 47.4 Å². The van der Waals surface area contributed by atoms with Crippen molar-refractivity contribution in [2.24, 2.45) is 11.1 Å². The van der Waals surface area contributed by atoms with Crippen LogP contribution >= 0.6 is 27.3 Å². The predicted octanol–water partition coefficient (Wildman–Crippen LogP) is 2.64. The second-order valence-corrected chi connectivity index (χ2v) is 7.74. The van der Waals surface area contributed by atoms with Gasteiger partial charge < -0.3 is 10.6 Å². The number of carbonyl (C=O) groups is 1. The molecule has 1 aliphatic rings. The molecule has 0 radical (unpaired) electrons. The number of halogens is 1. The van der Waals surface area contributed by atoms with Crippen LogP contribution in [0.25, 0.3) is 0 Å². The zero-order chi connectivity index (χ0) is 13.2. The van der Waals surface area contributed by atoms with E-state index in [-0.39, 0.29) is 11.3 Å². The Morgan fingerprint density at radius 1 is 1.56 bits per heavy atom. The Morgan fingerprint density at radius 2 is 2.28 bits per heavy atom. The van der Waals surface area contributed by atoms with Gasteiger partial charge in [-0.2, -0.15) is 0 Å². The molecule has 3 nitrogen and oxygen atoms in total. The predicted molar refractivity (Wildman–Crippen MR) is 78.7 cm³/mol. The fourth-order valence-corrected chi connectivity index (χ4v) is 3.90. The third kappa shape index (κ3) is 3.13. The lowest BCUT2D eigenvalue weighted by Gasteiger charge is -2.43. The highest BCUT2D eigenvalue weighted by Gasteiger charge is 2.37. The zero-order valence-corrected chi connectivity index (χ0v) is 13.0. The Labute approximate surface area is 120 Å². The van der Waals surface area contributed by atoms with Gasteiger partial charge in [-0.25, -0.2) is 0 Å². The van der Waals surface area contributed by atoms with Gasteiger partial charge in [-0.15, -0.1) is 11.3 Å². The van der Waals surface area contributed by atoms with Crippen molar-refractivity contribution < 1.29 is 4.79 Å². The van der Waals surface area contributed by atoms with E-state index in [1.165, 1.54) is 6.42 Å². The molecule has 1 amide bonds. The van der Waals surface area contributed by atoms with Gasteiger partial charge in [0.15, 0.2) is 0 Å². The molecule has 1 aromatic heterocycles. The Bertz CT molecular complexity index is 423. The zero-order valence-electron chi connectivity index (χ0n) is 10.6. The highest BCUT2D eigenvalue weighted by molar-refractivity contribution is 9.11. The van der Waals surface area contributed by atoms with Crippen molar-refractivity contribution in [3.63, 3.8) is 0 Å². The molecule has 1 aromatic rings. The maximum atomic E-state index is 12.1. The summed E-state index contributed by atoms with van der Waals surface area (Å²) in [6.45, 7) is 1.49. The molecule has 1 saturated carbocycles. The molecule has 0 aliphatic heterocycles. The molecule has 1 heterocycles. The monoisotopic (exact) mass is 330 g/mol. The van der Waals surface area contributed by atoms with E-state index in [4.69, 9.17) is 5.73 Å². The van der Waals surface area contributed by atoms with E-state index in [1.807, 2.05) is 24.1 Å². The van der Waals surface area contributed by atoms with Gasteiger partial charge in [-0.3, -0.25) is 4.79 Å². The second-order valence-electron chi connectivity index (χ2n) is 5.19. The lowest BCUT2D eigenvalue weighted by molar-refractivity contribution is -0.131. The Morgan fingerprint density at radius 3 is 2.72 bits per heavy atom. The third-order valence-electron chi connectivity index (χ3n) is 3.80. The van der Waals surface area contributed by atoms with Crippen molar-refractivity contribution in [2.75, 3.05) is 20.1 Å². The van der Waals surface area contributed by atoms with Crippen LogP contribution in [0.15, 0.2) is 15.9 Å². The number of hydrogen-bond acceptors (Lipinski definition) is 3. The molecule has 100 valence electrons. The number of nitrogens with zero attached hydrogens (tertiary/aromatic N) is 1. The van der Waals surface area contributed by atoms with Crippen LogP contribution in [0.4, 0.5) is 0 Å². The number of thiophene rings is 1. The molecule has 2 N–H and O–H groups in total. The van der Waals surface area contributed by atoms with E-state index >= 15 is 0 Å². The molecule has 0 atom stereocenters. The number of hydrogen-bond donors (Lipinski definition) is 1. The molecule has 5 heteroatoms. The molecular weight excluding hydrogens is 312 g/mol. The summed E-state index contributed by atoms with van der Waals surface area (Å²) in [5.74, 6) is 0.184. The van der Waals surface area contributed by atoms with Crippen LogP contribution in [0.3, 0.4) is 0 Å². The lowest BCUT2D eigenvalue weighted by Crippen LogP contribution is -2.47. The van der Waals surface area contributed by atoms with Gasteiger partial charge in [0, 0.05) is 23.9 Å². The Kier molecular flexibility index (Phi) is 4.45. The Hall–Kier alpha value is -0.390. The van der Waals surface area contributed by atoms with Crippen LogP contribution in [-0.2, 0) is 11.2 Å². The first-order valence-electron chi connectivity index (χ1n) is 6.23. The SMILES string of the molecule is CN(CC1(CN)CCC1)C(=O)Cc1ccc(Br)s1. The van der Waals surface area contributed by atoms with Crippen LogP contribution < -0.4 is 5.73 Å². The van der Waals surface area contributed by atoms with Crippen LogP contribution in [0, 0.1) is 5.41 Å². The highest BCUT2D eigenvalue weighted by Crippen LogP contribution is 2.40. The molecule has 0 aromatic carbocycles. The smallest absolute Gasteiger partial charge is 0.227 e. The number of likely N-dealkylation sites (N-methyl/N-ethyl adjacent to an activating group) is 1. The summed E-state index contributed by atoms with van der Waals surface area (Å²) >= 11 is 5.04. The largest absolute Gasteiger partial charge is 0.345 e. The van der Waals surface area contributed by atoms with Crippen LogP contribution in [0.5, 0.6) is 0 Å². The first kappa shape index (κ1) is 14.0. The van der Waals surface area contributed by atoms with Crippen molar-refractivity contribution in [1.29, 1.82) is 0 Å². The van der Waals surface area contributed by atoms with Crippen molar-refractivity contribution in [1.82, 2.24) is 4.90 Å². The molecule has 0 bridgehead atoms. The van der Waals surface area contributed by atoms with Crippen molar-refractivity contribution >= 4 is 33.2 Å². The van der Waals surface area contributed by atoms with Crippen LogP contribution in [0.2, 0.25) is 0 Å². The van der Waals surface area contributed by atoms with Crippen LogP contribution in [0.1, 0.15) is 24.1 Å². The van der Waals surface area contributed by atoms with Crippen LogP contribution in [-0.4, -0.2) is 30.9 Å². The molecular formula is C13H19BrN2OS. The summed E-state index contributed by atoms with van der Waals surface area (Å²) in [6, 6.07) is 3.99. The molecule has 1 aliphatic carbocycles. The van der Waals surface area contributed by atoms with E-state index in [1.54, 1.807) is 11.3 Å². The summed E-state index contributed by atoms with van der Waals surface area (Å²) in [4.78, 5) is 15.1. The topological polar surface area (TPSA) is 46.3 Å². The van der Waals surface area contributed by atoms with E-state index < -0.39 is 0 Å². The first-order valence-corrected chi connectivity index (χ1v) is 7.84. The lowest BCUT2D eigenvalue weighted by atomic mass is 9.68. The molecule has 1 fully saturated rings. The normalized spacial score (nSPS) is 17.3. The quantitative estimate of drug-likeness (QED) is 0.902. The number of nitrogens with two attached hydrogens (primary N) is 1. The van der Waals surface area contributed by atoms with Gasteiger partial charge in [0.1, 0.15) is 0 Å². The maximum absolute atomic E-state index is 12.1. The summed E-state index contributed by atoms with van der Waals surface area (Å²) < 4.78 is 1.07. The highest BCUT2D eigenvalue weighted by atomic mass is 79.9. The molecule has 0 unspecified atom stereocenters. The average Bonchev–Trinajstić information content (AvgIpc) is 2.69. The maximum Gasteiger partial charge on any atom is 0.227 e. The third-order valence-corrected chi connectivity index (χ3v) is 5.42. The summed E-state index contributed by atoms with van der Waals surface area (Å²) in [7, 11) is 1.89. The minimum Gasteiger partial charge on any atom is -0.345 e. The molecule has 2 rings (SSSR count). The number of carbonyl (C=O) groups excluding carboxylic acids is 1. The minimum absolute atomic E-state index is 0.184. The van der Waals surface area contributed by atoms with Crippen molar-refractivity contribution in [3.8, 4) is 0 Å². The number of amides is 1. The fourth-order valence-electron chi connectivity index (χ4n) is 2.43. The molecule has 0 saturated heterocycles. The summed E-state index contributed by atoms with van der Waals surface area (Å²) in [6.07, 6.45) is 4.06. The summed E-state index contributed by atoms with van der Waals surface area (Å²) in [5.41, 5.74) is 6.03. The van der Waals surface area contributed by atoms with Crippen molar-refractivity contribution in [3.05, 3.63) is 20.8 Å². The van der Waals surface area contributed by atoms with E-state index in [9.17, 15) is 4.79 Å². The first-order chi connectivity index (χ1) is 8.54. The van der Waals surface area contributed by atoms with E-state index in [0.717, 1.165) is 28.0 Å². The fraction of sp³-hybridized carbons (Fsp3) is 0.615. The average molecular weight is 331 g/mol. The number of rotatable bonds is 5. The van der Waals surface area contributed by atoms with Crippen molar-refractivity contribution in [2.45, 2.75) is 25.7 Å². The van der Waals surface area contributed by atoms with Gasteiger partial charge in [0.25, 0.3) is 0 Å². The van der Waals surface area contributed by atoms with Gasteiger partial charge in [0.05, 0.1) is 10.2 Å². The standard InChI is InChI=1S/C13H19BrN2OS/c1-16(9-13(8-15)5-2-6-13)12(17)7-10-3-4-11(14)18-10/h3-4H,2,5-9,15H2,1H3. The van der Waals surface area contributed by atoms with E-state index in [0.29, 0.717) is 13.0 Å². The van der Waals surface area contributed by atoms with E-state index in [2.05, 4.69) is 15.9 Å². The summed E-state index contributed by atoms with van der Waals surface area (Å²) in [5, 5.41) is 0.